The van der Waals surface area contributed by atoms with Gasteiger partial charge in [-0.2, -0.15) is 0 Å². The van der Waals surface area contributed by atoms with Gasteiger partial charge in [0, 0.05) is 17.1 Å². The number of halogens is 2. The number of ether oxygens (including phenoxy) is 1. The average molecular weight is 384 g/mol. The molecule has 28 heavy (non-hydrogen) atoms. The minimum absolute atomic E-state index is 0.0121. The van der Waals surface area contributed by atoms with E-state index in [4.69, 9.17) is 4.74 Å². The molecule has 1 heterocycles. The lowest BCUT2D eigenvalue weighted by Gasteiger charge is -2.10. The summed E-state index contributed by atoms with van der Waals surface area (Å²) in [5, 5.41) is 2.35. The van der Waals surface area contributed by atoms with E-state index in [0.717, 1.165) is 5.69 Å². The molecule has 0 aliphatic carbocycles. The Bertz CT molecular complexity index is 1030. The Morgan fingerprint density at radius 2 is 1.71 bits per heavy atom. The minimum atomic E-state index is -0.676. The van der Waals surface area contributed by atoms with Crippen molar-refractivity contribution < 1.29 is 23.1 Å². The smallest absolute Gasteiger partial charge is 0.340 e. The molecule has 0 unspecified atom stereocenters. The van der Waals surface area contributed by atoms with Crippen molar-refractivity contribution in [1.29, 1.82) is 0 Å². The molecule has 1 N–H and O–H groups in total. The van der Waals surface area contributed by atoms with E-state index in [-0.39, 0.29) is 11.5 Å². The zero-order valence-corrected chi connectivity index (χ0v) is 15.3. The lowest BCUT2D eigenvalue weighted by atomic mass is 10.2. The fourth-order valence-corrected chi connectivity index (χ4v) is 2.91. The van der Waals surface area contributed by atoms with Crippen molar-refractivity contribution in [3.8, 4) is 5.69 Å². The molecule has 0 spiro atoms. The fraction of sp³-hybridized carbons (Fsp3) is 0.143. The van der Waals surface area contributed by atoms with Gasteiger partial charge in [0.2, 0.25) is 0 Å². The van der Waals surface area contributed by atoms with Crippen LogP contribution < -0.4 is 5.32 Å². The number of amides is 1. The number of benzene rings is 2. The Hall–Kier alpha value is -3.48. The van der Waals surface area contributed by atoms with Crippen LogP contribution in [0.2, 0.25) is 0 Å². The summed E-state index contributed by atoms with van der Waals surface area (Å²) in [5.41, 5.74) is 2.36. The molecule has 2 aromatic carbocycles. The maximum absolute atomic E-state index is 13.6. The van der Waals surface area contributed by atoms with Gasteiger partial charge in [-0.05, 0) is 56.3 Å². The van der Waals surface area contributed by atoms with Crippen LogP contribution in [0.5, 0.6) is 0 Å². The minimum Gasteiger partial charge on any atom is -0.452 e. The van der Waals surface area contributed by atoms with Crippen LogP contribution in [0.1, 0.15) is 21.7 Å². The molecule has 7 heteroatoms. The number of carbonyl (C=O) groups is 2. The first-order valence-electron chi connectivity index (χ1n) is 8.53. The summed E-state index contributed by atoms with van der Waals surface area (Å²) >= 11 is 0. The van der Waals surface area contributed by atoms with Crippen molar-refractivity contribution >= 4 is 17.6 Å². The second-order valence-corrected chi connectivity index (χ2v) is 6.20. The quantitative estimate of drug-likeness (QED) is 0.672. The molecule has 1 aromatic heterocycles. The molecule has 1 amide bonds. The van der Waals surface area contributed by atoms with Crippen LogP contribution >= 0.6 is 0 Å². The van der Waals surface area contributed by atoms with Gasteiger partial charge in [0.25, 0.3) is 5.91 Å². The van der Waals surface area contributed by atoms with E-state index in [1.54, 1.807) is 42.7 Å². The Morgan fingerprint density at radius 3 is 2.39 bits per heavy atom. The number of anilines is 1. The molecular formula is C21H18F2N2O3. The first-order valence-corrected chi connectivity index (χ1v) is 8.53. The van der Waals surface area contributed by atoms with E-state index in [0.29, 0.717) is 16.9 Å². The molecule has 3 aromatic rings. The van der Waals surface area contributed by atoms with Crippen LogP contribution in [0, 0.1) is 25.5 Å². The SMILES string of the molecule is Cc1cc(C(=O)OCC(=O)Nc2ccccc2F)c(C)n1-c1ccc(F)cc1. The van der Waals surface area contributed by atoms with Gasteiger partial charge in [0.15, 0.2) is 6.61 Å². The zero-order valence-electron chi connectivity index (χ0n) is 15.3. The third-order valence-corrected chi connectivity index (χ3v) is 4.22. The molecule has 0 aliphatic heterocycles. The summed E-state index contributed by atoms with van der Waals surface area (Å²) in [4.78, 5) is 24.3. The second kappa shape index (κ2) is 8.04. The number of nitrogens with zero attached hydrogens (tertiary/aromatic N) is 1. The van der Waals surface area contributed by atoms with Crippen molar-refractivity contribution in [3.63, 3.8) is 0 Å². The van der Waals surface area contributed by atoms with Crippen LogP contribution in [0.15, 0.2) is 54.6 Å². The van der Waals surface area contributed by atoms with Crippen molar-refractivity contribution in [2.45, 2.75) is 13.8 Å². The summed E-state index contributed by atoms with van der Waals surface area (Å²) in [6.07, 6.45) is 0. The topological polar surface area (TPSA) is 60.3 Å². The summed E-state index contributed by atoms with van der Waals surface area (Å²) in [7, 11) is 0. The number of aryl methyl sites for hydroxylation is 1. The van der Waals surface area contributed by atoms with Crippen molar-refractivity contribution in [2.24, 2.45) is 0 Å². The third-order valence-electron chi connectivity index (χ3n) is 4.22. The average Bonchev–Trinajstić information content (AvgIpc) is 2.97. The van der Waals surface area contributed by atoms with Crippen LogP contribution in [0.3, 0.4) is 0 Å². The summed E-state index contributed by atoms with van der Waals surface area (Å²) in [6, 6.07) is 13.2. The van der Waals surface area contributed by atoms with Gasteiger partial charge in [-0.3, -0.25) is 4.79 Å². The number of para-hydroxylation sites is 1. The van der Waals surface area contributed by atoms with E-state index < -0.39 is 24.3 Å². The van der Waals surface area contributed by atoms with E-state index in [2.05, 4.69) is 5.32 Å². The summed E-state index contributed by atoms with van der Waals surface area (Å²) < 4.78 is 33.5. The van der Waals surface area contributed by atoms with Gasteiger partial charge >= 0.3 is 5.97 Å². The van der Waals surface area contributed by atoms with E-state index >= 15 is 0 Å². The van der Waals surface area contributed by atoms with Crippen LogP contribution in [0.4, 0.5) is 14.5 Å². The normalized spacial score (nSPS) is 10.6. The second-order valence-electron chi connectivity index (χ2n) is 6.20. The number of rotatable bonds is 5. The van der Waals surface area contributed by atoms with Crippen LogP contribution in [0.25, 0.3) is 5.69 Å². The molecule has 5 nitrogen and oxygen atoms in total. The highest BCUT2D eigenvalue weighted by Gasteiger charge is 2.19. The summed E-state index contributed by atoms with van der Waals surface area (Å²) in [6.45, 7) is 2.98. The predicted octanol–water partition coefficient (Wildman–Crippen LogP) is 4.17. The van der Waals surface area contributed by atoms with Crippen LogP contribution in [-0.2, 0) is 9.53 Å². The molecule has 144 valence electrons. The number of esters is 1. The van der Waals surface area contributed by atoms with E-state index in [9.17, 15) is 18.4 Å². The molecule has 0 fully saturated rings. The van der Waals surface area contributed by atoms with Gasteiger partial charge in [0.05, 0.1) is 11.3 Å². The monoisotopic (exact) mass is 384 g/mol. The first kappa shape index (κ1) is 19.3. The zero-order chi connectivity index (χ0) is 20.3. The molecular weight excluding hydrogens is 366 g/mol. The Kier molecular flexibility index (Phi) is 5.54. The van der Waals surface area contributed by atoms with E-state index in [1.165, 1.54) is 30.3 Å². The number of aromatic nitrogens is 1. The van der Waals surface area contributed by atoms with Crippen molar-refractivity contribution in [2.75, 3.05) is 11.9 Å². The highest BCUT2D eigenvalue weighted by atomic mass is 19.1. The fourth-order valence-electron chi connectivity index (χ4n) is 2.91. The Morgan fingerprint density at radius 1 is 1.04 bits per heavy atom. The largest absolute Gasteiger partial charge is 0.452 e. The van der Waals surface area contributed by atoms with Crippen molar-refractivity contribution in [1.82, 2.24) is 4.57 Å². The molecule has 0 saturated carbocycles. The highest BCUT2D eigenvalue weighted by molar-refractivity contribution is 5.96. The van der Waals surface area contributed by atoms with Crippen LogP contribution in [-0.4, -0.2) is 23.1 Å². The number of nitrogens with one attached hydrogen (secondary N) is 1. The Labute approximate surface area is 160 Å². The highest BCUT2D eigenvalue weighted by Crippen LogP contribution is 2.22. The molecule has 0 radical (unpaired) electrons. The number of hydrogen-bond donors (Lipinski definition) is 1. The molecule has 0 bridgehead atoms. The summed E-state index contributed by atoms with van der Waals surface area (Å²) in [5.74, 6) is -2.26. The standard InChI is InChI=1S/C21H18F2N2O3/c1-13-11-17(14(2)25(13)16-9-7-15(22)8-10-16)21(27)28-12-20(26)24-19-6-4-3-5-18(19)23/h3-11H,12H2,1-2H3,(H,24,26). The van der Waals surface area contributed by atoms with Gasteiger partial charge in [-0.25, -0.2) is 13.6 Å². The maximum atomic E-state index is 13.6. The number of carbonyl (C=O) groups excluding carboxylic acids is 2. The van der Waals surface area contributed by atoms with Crippen molar-refractivity contribution in [3.05, 3.63) is 83.2 Å². The Balaban J connectivity index is 1.69. The predicted molar refractivity (Wildman–Crippen MR) is 101 cm³/mol. The van der Waals surface area contributed by atoms with Gasteiger partial charge in [-0.15, -0.1) is 0 Å². The molecule has 3 rings (SSSR count). The van der Waals surface area contributed by atoms with E-state index in [1.807, 2.05) is 0 Å². The van der Waals surface area contributed by atoms with Gasteiger partial charge < -0.3 is 14.6 Å². The third kappa shape index (κ3) is 4.09. The number of hydrogen-bond acceptors (Lipinski definition) is 3. The lowest BCUT2D eigenvalue weighted by molar-refractivity contribution is -0.119. The van der Waals surface area contributed by atoms with Gasteiger partial charge in [0.1, 0.15) is 11.6 Å². The molecule has 0 atom stereocenters. The molecule has 0 aliphatic rings. The van der Waals surface area contributed by atoms with Gasteiger partial charge in [-0.1, -0.05) is 12.1 Å². The lowest BCUT2D eigenvalue weighted by Crippen LogP contribution is -2.21. The molecule has 0 saturated heterocycles. The first-order chi connectivity index (χ1) is 13.4. The maximum Gasteiger partial charge on any atom is 0.340 e.